The summed E-state index contributed by atoms with van der Waals surface area (Å²) in [5.74, 6) is 2.33. The number of hydrogen-bond acceptors (Lipinski definition) is 9. The summed E-state index contributed by atoms with van der Waals surface area (Å²) >= 11 is 0. The van der Waals surface area contributed by atoms with E-state index in [1.165, 1.54) is 24.8 Å². The third-order valence-corrected chi connectivity index (χ3v) is 8.07. The largest absolute Gasteiger partial charge is 0.496 e. The van der Waals surface area contributed by atoms with Gasteiger partial charge in [-0.25, -0.2) is 4.98 Å². The van der Waals surface area contributed by atoms with E-state index in [-0.39, 0.29) is 18.6 Å². The van der Waals surface area contributed by atoms with Gasteiger partial charge in [-0.05, 0) is 37.4 Å². The first-order valence-electron chi connectivity index (χ1n) is 13.0. The zero-order valence-electron chi connectivity index (χ0n) is 21.1. The molecule has 4 N–H and O–H groups in total. The fourth-order valence-corrected chi connectivity index (χ4v) is 5.92. The Balaban J connectivity index is 1.23. The number of nitrogens with two attached hydrogens (primary N) is 1. The highest BCUT2D eigenvalue weighted by molar-refractivity contribution is 5.86. The molecule has 2 aliphatic heterocycles. The molecule has 3 atom stereocenters. The van der Waals surface area contributed by atoms with Gasteiger partial charge in [0.15, 0.2) is 5.82 Å². The average molecular weight is 493 g/mol. The molecule has 1 aliphatic carbocycles. The monoisotopic (exact) mass is 492 g/mol. The number of methoxy groups -OCH3 is 1. The van der Waals surface area contributed by atoms with Gasteiger partial charge in [-0.1, -0.05) is 25.0 Å². The van der Waals surface area contributed by atoms with Crippen LogP contribution in [0.1, 0.15) is 36.8 Å². The Morgan fingerprint density at radius 3 is 2.75 bits per heavy atom. The Morgan fingerprint density at radius 2 is 2.06 bits per heavy atom. The highest BCUT2D eigenvalue weighted by Crippen LogP contribution is 2.35. The molecule has 10 heteroatoms. The molecule has 4 heterocycles. The first-order chi connectivity index (χ1) is 17.5. The van der Waals surface area contributed by atoms with Crippen molar-refractivity contribution in [3.63, 3.8) is 0 Å². The van der Waals surface area contributed by atoms with Gasteiger partial charge in [-0.3, -0.25) is 9.58 Å². The molecule has 3 aliphatic rings. The van der Waals surface area contributed by atoms with Crippen LogP contribution in [0.2, 0.25) is 0 Å². The van der Waals surface area contributed by atoms with E-state index in [0.717, 1.165) is 42.9 Å². The number of ether oxygens (including phenoxy) is 1. The first-order valence-corrected chi connectivity index (χ1v) is 13.0. The van der Waals surface area contributed by atoms with Crippen LogP contribution >= 0.6 is 0 Å². The van der Waals surface area contributed by atoms with Crippen LogP contribution in [0, 0.1) is 5.92 Å². The number of nitrogens with one attached hydrogen (secondary N) is 1. The van der Waals surface area contributed by atoms with E-state index < -0.39 is 0 Å². The summed E-state index contributed by atoms with van der Waals surface area (Å²) in [7, 11) is 3.95. The molecule has 0 spiro atoms. The van der Waals surface area contributed by atoms with Gasteiger partial charge in [0.2, 0.25) is 5.95 Å². The molecule has 1 aromatic carbocycles. The van der Waals surface area contributed by atoms with Gasteiger partial charge in [0.05, 0.1) is 32.5 Å². The summed E-state index contributed by atoms with van der Waals surface area (Å²) < 4.78 is 7.69. The quantitative estimate of drug-likeness (QED) is 0.390. The van der Waals surface area contributed by atoms with Gasteiger partial charge in [-0.2, -0.15) is 10.1 Å². The van der Waals surface area contributed by atoms with Crippen molar-refractivity contribution in [2.75, 3.05) is 44.9 Å². The Bertz CT molecular complexity index is 1240. The number of piperazine rings is 1. The predicted molar refractivity (Wildman–Crippen MR) is 139 cm³/mol. The SMILES string of the molecule is COc1cc(CN2C[C@H]3C[C@@H]2CN3C)ccc1Cn1ncc2nc(N)nc(N[C@H](CO)CC3CC3)c21. The molecular formula is C26H36N8O2. The molecule has 3 fully saturated rings. The topological polar surface area (TPSA) is 118 Å². The van der Waals surface area contributed by atoms with Crippen LogP contribution in [-0.2, 0) is 13.1 Å². The second-order valence-corrected chi connectivity index (χ2v) is 10.7. The van der Waals surface area contributed by atoms with Crippen molar-refractivity contribution < 1.29 is 9.84 Å². The summed E-state index contributed by atoms with van der Waals surface area (Å²) in [6.07, 6.45) is 6.36. The van der Waals surface area contributed by atoms with E-state index in [4.69, 9.17) is 10.5 Å². The maximum atomic E-state index is 9.92. The van der Waals surface area contributed by atoms with E-state index in [1.54, 1.807) is 13.3 Å². The number of aliphatic hydroxyl groups is 1. The summed E-state index contributed by atoms with van der Waals surface area (Å²) in [6.45, 7) is 3.80. The van der Waals surface area contributed by atoms with Gasteiger partial charge in [-0.15, -0.1) is 0 Å². The van der Waals surface area contributed by atoms with Crippen molar-refractivity contribution in [3.05, 3.63) is 35.5 Å². The van der Waals surface area contributed by atoms with E-state index in [0.29, 0.717) is 35.9 Å². The minimum atomic E-state index is -0.0761. The molecule has 10 nitrogen and oxygen atoms in total. The summed E-state index contributed by atoms with van der Waals surface area (Å²) in [5, 5.41) is 17.9. The number of fused-ring (bicyclic) bond motifs is 3. The predicted octanol–water partition coefficient (Wildman–Crippen LogP) is 1.93. The maximum absolute atomic E-state index is 9.92. The van der Waals surface area contributed by atoms with Gasteiger partial charge in [0.25, 0.3) is 0 Å². The third-order valence-electron chi connectivity index (χ3n) is 8.07. The fourth-order valence-electron chi connectivity index (χ4n) is 5.92. The highest BCUT2D eigenvalue weighted by Gasteiger charge is 2.41. The zero-order valence-corrected chi connectivity index (χ0v) is 21.1. The van der Waals surface area contributed by atoms with Crippen LogP contribution in [0.15, 0.2) is 24.4 Å². The number of anilines is 2. The van der Waals surface area contributed by atoms with Crippen LogP contribution in [0.4, 0.5) is 11.8 Å². The van der Waals surface area contributed by atoms with Crippen molar-refractivity contribution in [3.8, 4) is 5.75 Å². The second kappa shape index (κ2) is 9.49. The molecule has 2 saturated heterocycles. The summed E-state index contributed by atoms with van der Waals surface area (Å²) in [6, 6.07) is 7.76. The Hall–Kier alpha value is -2.95. The number of aliphatic hydroxyl groups excluding tert-OH is 1. The molecule has 36 heavy (non-hydrogen) atoms. The molecule has 2 aromatic heterocycles. The molecular weight excluding hydrogens is 456 g/mol. The molecule has 0 radical (unpaired) electrons. The lowest BCUT2D eigenvalue weighted by atomic mass is 10.1. The number of nitrogens with zero attached hydrogens (tertiary/aromatic N) is 6. The summed E-state index contributed by atoms with van der Waals surface area (Å²) in [4.78, 5) is 13.9. The van der Waals surface area contributed by atoms with E-state index >= 15 is 0 Å². The molecule has 2 bridgehead atoms. The Labute approximate surface area is 211 Å². The van der Waals surface area contributed by atoms with Crippen LogP contribution in [0.25, 0.3) is 11.0 Å². The van der Waals surface area contributed by atoms with Crippen LogP contribution in [-0.4, -0.2) is 86.6 Å². The van der Waals surface area contributed by atoms with Crippen LogP contribution < -0.4 is 15.8 Å². The van der Waals surface area contributed by atoms with Crippen molar-refractivity contribution >= 4 is 22.8 Å². The van der Waals surface area contributed by atoms with Crippen molar-refractivity contribution in [1.29, 1.82) is 0 Å². The first kappa shape index (κ1) is 23.4. The van der Waals surface area contributed by atoms with Crippen molar-refractivity contribution in [2.45, 2.75) is 56.9 Å². The van der Waals surface area contributed by atoms with E-state index in [9.17, 15) is 5.11 Å². The van der Waals surface area contributed by atoms with Crippen molar-refractivity contribution in [1.82, 2.24) is 29.5 Å². The lowest BCUT2D eigenvalue weighted by molar-refractivity contribution is 0.143. The number of rotatable bonds is 10. The normalized spacial score (nSPS) is 23.0. The molecule has 6 rings (SSSR count). The lowest BCUT2D eigenvalue weighted by Crippen LogP contribution is -2.43. The second-order valence-electron chi connectivity index (χ2n) is 10.7. The Morgan fingerprint density at radius 1 is 1.19 bits per heavy atom. The minimum Gasteiger partial charge on any atom is -0.496 e. The van der Waals surface area contributed by atoms with Crippen molar-refractivity contribution in [2.24, 2.45) is 5.92 Å². The zero-order chi connectivity index (χ0) is 24.8. The minimum absolute atomic E-state index is 0.0419. The number of nitrogen functional groups attached to an aromatic ring is 1. The van der Waals surface area contributed by atoms with Gasteiger partial charge >= 0.3 is 0 Å². The smallest absolute Gasteiger partial charge is 0.222 e. The molecule has 0 unspecified atom stereocenters. The van der Waals surface area contributed by atoms with E-state index in [1.807, 2.05) is 4.68 Å². The fraction of sp³-hybridized carbons (Fsp3) is 0.577. The third kappa shape index (κ3) is 4.60. The molecule has 1 saturated carbocycles. The van der Waals surface area contributed by atoms with Gasteiger partial charge < -0.3 is 25.8 Å². The number of benzene rings is 1. The summed E-state index contributed by atoms with van der Waals surface area (Å²) in [5.41, 5.74) is 9.75. The van der Waals surface area contributed by atoms with Gasteiger partial charge in [0, 0.05) is 37.3 Å². The molecule has 0 amide bonds. The number of aromatic nitrogens is 4. The number of likely N-dealkylation sites (tertiary alicyclic amines) is 2. The van der Waals surface area contributed by atoms with Gasteiger partial charge in [0.1, 0.15) is 16.8 Å². The molecule has 192 valence electrons. The van der Waals surface area contributed by atoms with Crippen LogP contribution in [0.5, 0.6) is 5.75 Å². The Kier molecular flexibility index (Phi) is 6.18. The number of likely N-dealkylation sites (N-methyl/N-ethyl adjacent to an activating group) is 1. The van der Waals surface area contributed by atoms with E-state index in [2.05, 4.69) is 55.4 Å². The number of hydrogen-bond donors (Lipinski definition) is 3. The maximum Gasteiger partial charge on any atom is 0.222 e. The standard InChI is InChI=1S/C26H36N8O2/c1-32-13-21-9-20(32)14-33(21)11-17-5-6-18(23(8-17)36-2)12-34-24-22(10-28-34)30-26(27)31-25(24)29-19(15-35)7-16-3-4-16/h5-6,8,10,16,19-21,35H,3-4,7,9,11-15H2,1-2H3,(H3,27,29,30,31)/t19-,20+,21+/m0/s1. The average Bonchev–Trinajstić information content (AvgIpc) is 3.29. The molecule has 3 aromatic rings. The van der Waals surface area contributed by atoms with Crippen LogP contribution in [0.3, 0.4) is 0 Å². The highest BCUT2D eigenvalue weighted by atomic mass is 16.5. The lowest BCUT2D eigenvalue weighted by Gasteiger charge is -2.32.